The van der Waals surface area contributed by atoms with Gasteiger partial charge in [0.05, 0.1) is 11.4 Å². The zero-order chi connectivity index (χ0) is 25.1. The normalized spacial score (nSPS) is 17.9. The highest BCUT2D eigenvalue weighted by Crippen LogP contribution is 2.37. The molecule has 2 aromatic heterocycles. The molecule has 1 aliphatic carbocycles. The molecule has 1 amide bonds. The molecule has 182 valence electrons. The Hall–Kier alpha value is -4.53. The van der Waals surface area contributed by atoms with E-state index in [1.54, 1.807) is 10.9 Å². The number of aromatic nitrogens is 4. The molecule has 0 radical (unpaired) electrons. The predicted molar refractivity (Wildman–Crippen MR) is 139 cm³/mol. The van der Waals surface area contributed by atoms with Crippen LogP contribution in [0.25, 0.3) is 22.2 Å². The molecule has 2 aromatic carbocycles. The van der Waals surface area contributed by atoms with Crippen LogP contribution in [0, 0.1) is 5.92 Å². The first-order valence-electron chi connectivity index (χ1n) is 11.8. The number of amides is 1. The second-order valence-electron chi connectivity index (χ2n) is 8.78. The molecule has 1 saturated carbocycles. The van der Waals surface area contributed by atoms with E-state index in [9.17, 15) is 9.59 Å². The van der Waals surface area contributed by atoms with Gasteiger partial charge in [0, 0.05) is 11.8 Å². The largest absolute Gasteiger partial charge is 0.457 e. The highest BCUT2D eigenvalue weighted by atomic mass is 16.5. The van der Waals surface area contributed by atoms with Gasteiger partial charge in [-0.3, -0.25) is 14.3 Å². The highest BCUT2D eigenvalue weighted by molar-refractivity contribution is 5.99. The Bertz CT molecular complexity index is 1480. The summed E-state index contributed by atoms with van der Waals surface area (Å²) < 4.78 is 7.69. The third-order valence-corrected chi connectivity index (χ3v) is 6.44. The number of benzene rings is 2. The maximum Gasteiger partial charge on any atom is 0.290 e. The number of rotatable bonds is 6. The van der Waals surface area contributed by atoms with Gasteiger partial charge in [-0.1, -0.05) is 24.8 Å². The van der Waals surface area contributed by atoms with Gasteiger partial charge in [-0.2, -0.15) is 10.2 Å². The number of para-hydroxylation sites is 1. The number of nitrogens with two attached hydrogens (primary N) is 1. The van der Waals surface area contributed by atoms with Crippen LogP contribution >= 0.6 is 0 Å². The summed E-state index contributed by atoms with van der Waals surface area (Å²) in [7, 11) is 0. The molecule has 0 unspecified atom stereocenters. The van der Waals surface area contributed by atoms with Gasteiger partial charge >= 0.3 is 0 Å². The van der Waals surface area contributed by atoms with Crippen molar-refractivity contribution in [3.63, 3.8) is 0 Å². The lowest BCUT2D eigenvalue weighted by Gasteiger charge is -2.26. The van der Waals surface area contributed by atoms with Crippen molar-refractivity contribution in [1.29, 1.82) is 0 Å². The number of nitrogens with zero attached hydrogens (tertiary/aromatic N) is 4. The highest BCUT2D eigenvalue weighted by Gasteiger charge is 2.27. The average Bonchev–Trinajstić information content (AvgIpc) is 3.33. The molecular formula is C27H26N6O3. The van der Waals surface area contributed by atoms with Gasteiger partial charge in [0.1, 0.15) is 22.7 Å². The van der Waals surface area contributed by atoms with E-state index in [2.05, 4.69) is 21.8 Å². The van der Waals surface area contributed by atoms with Gasteiger partial charge in [0.15, 0.2) is 5.82 Å². The number of aliphatic imine (C=N–C) groups is 1. The summed E-state index contributed by atoms with van der Waals surface area (Å²) in [6, 6.07) is 17.1. The maximum absolute atomic E-state index is 12.8. The van der Waals surface area contributed by atoms with E-state index in [1.165, 1.54) is 6.08 Å². The van der Waals surface area contributed by atoms with E-state index in [-0.39, 0.29) is 29.2 Å². The fourth-order valence-corrected chi connectivity index (χ4v) is 4.61. The zero-order valence-electron chi connectivity index (χ0n) is 19.6. The number of nitrogen functional groups attached to an aromatic ring is 1. The van der Waals surface area contributed by atoms with Crippen molar-refractivity contribution in [1.82, 2.24) is 20.0 Å². The van der Waals surface area contributed by atoms with E-state index in [0.29, 0.717) is 22.3 Å². The Balaban J connectivity index is 1.45. The Kier molecular flexibility index (Phi) is 6.44. The van der Waals surface area contributed by atoms with Crippen LogP contribution in [0.4, 0.5) is 5.82 Å². The number of fused-ring (bicyclic) bond motifs is 1. The number of H-pyrrole nitrogens is 1. The zero-order valence-corrected chi connectivity index (χ0v) is 19.6. The Morgan fingerprint density at radius 2 is 1.78 bits per heavy atom. The lowest BCUT2D eigenvalue weighted by molar-refractivity contribution is -0.113. The first-order valence-corrected chi connectivity index (χ1v) is 11.8. The quantitative estimate of drug-likeness (QED) is 0.303. The van der Waals surface area contributed by atoms with E-state index in [4.69, 9.17) is 15.6 Å². The topological polar surface area (TPSA) is 128 Å². The van der Waals surface area contributed by atoms with Crippen LogP contribution in [0.5, 0.6) is 11.5 Å². The summed E-state index contributed by atoms with van der Waals surface area (Å²) in [5.41, 5.74) is 7.72. The monoisotopic (exact) mass is 482 g/mol. The van der Waals surface area contributed by atoms with E-state index in [1.807, 2.05) is 54.6 Å². The fourth-order valence-electron chi connectivity index (χ4n) is 4.61. The molecular weight excluding hydrogens is 456 g/mol. The third-order valence-electron chi connectivity index (χ3n) is 6.44. The first kappa shape index (κ1) is 23.2. The molecule has 4 aromatic rings. The number of carbonyl (C=O) groups is 1. The minimum atomic E-state index is -0.338. The van der Waals surface area contributed by atoms with Gasteiger partial charge in [0.2, 0.25) is 0 Å². The molecule has 1 fully saturated rings. The van der Waals surface area contributed by atoms with Crippen molar-refractivity contribution in [2.75, 3.05) is 5.73 Å². The number of anilines is 1. The van der Waals surface area contributed by atoms with E-state index >= 15 is 0 Å². The first-order chi connectivity index (χ1) is 17.5. The minimum absolute atomic E-state index is 0.0181. The molecule has 9 heteroatoms. The molecule has 0 atom stereocenters. The van der Waals surface area contributed by atoms with Crippen molar-refractivity contribution in [2.24, 2.45) is 10.9 Å². The van der Waals surface area contributed by atoms with Gasteiger partial charge in [-0.15, -0.1) is 0 Å². The summed E-state index contributed by atoms with van der Waals surface area (Å²) in [6.07, 6.45) is 6.16. The van der Waals surface area contributed by atoms with Crippen molar-refractivity contribution in [3.05, 3.63) is 77.6 Å². The standard InChI is InChI=1S/C27H26N6O3/c1-2-22(34)29-16-17-8-12-19(13-9-17)33-25-23(26(28)30-31-27(25)35)24(32-33)18-10-14-21(15-11-18)36-20-6-4-3-5-7-20/h2-7,10-11,14-17,19H,1,8-9,12-13H2,(H2,28,30)(H,31,35). The molecule has 0 bridgehead atoms. The van der Waals surface area contributed by atoms with Crippen LogP contribution in [-0.2, 0) is 4.79 Å². The van der Waals surface area contributed by atoms with Crippen molar-refractivity contribution in [3.8, 4) is 22.8 Å². The van der Waals surface area contributed by atoms with Crippen LogP contribution in [0.15, 0.2) is 77.0 Å². The predicted octanol–water partition coefficient (Wildman–Crippen LogP) is 4.68. The molecule has 2 heterocycles. The van der Waals surface area contributed by atoms with Crippen molar-refractivity contribution in [2.45, 2.75) is 31.7 Å². The van der Waals surface area contributed by atoms with E-state index in [0.717, 1.165) is 37.0 Å². The van der Waals surface area contributed by atoms with Crippen LogP contribution in [0.3, 0.4) is 0 Å². The molecule has 1 aliphatic rings. The van der Waals surface area contributed by atoms with Crippen LogP contribution in [-0.4, -0.2) is 32.1 Å². The summed E-state index contributed by atoms with van der Waals surface area (Å²) in [5.74, 6) is 1.52. The Morgan fingerprint density at radius 1 is 1.08 bits per heavy atom. The number of hydrogen-bond donors (Lipinski definition) is 2. The number of aromatic amines is 1. The van der Waals surface area contributed by atoms with Gasteiger partial charge in [-0.05, 0) is 74.1 Å². The SMILES string of the molecule is C=CC(=O)N=CC1CCC(n2nc(-c3ccc(Oc4ccccc4)cc3)c3c(N)n[nH]c(=O)c32)CC1. The maximum atomic E-state index is 12.8. The van der Waals surface area contributed by atoms with E-state index < -0.39 is 0 Å². The lowest BCUT2D eigenvalue weighted by Crippen LogP contribution is -2.23. The molecule has 0 aliphatic heterocycles. The number of hydrogen-bond acceptors (Lipinski definition) is 6. The number of carbonyl (C=O) groups excluding carboxylic acids is 1. The molecule has 5 rings (SSSR count). The molecule has 36 heavy (non-hydrogen) atoms. The lowest BCUT2D eigenvalue weighted by atomic mass is 9.87. The third kappa shape index (κ3) is 4.68. The fraction of sp³-hybridized carbons (Fsp3) is 0.222. The Labute approximate surface area is 207 Å². The van der Waals surface area contributed by atoms with Crippen LogP contribution in [0.2, 0.25) is 0 Å². The van der Waals surface area contributed by atoms with Gasteiger partial charge < -0.3 is 10.5 Å². The van der Waals surface area contributed by atoms with Crippen LogP contribution in [0.1, 0.15) is 31.7 Å². The van der Waals surface area contributed by atoms with Crippen molar-refractivity contribution >= 4 is 28.8 Å². The second kappa shape index (κ2) is 9.99. The minimum Gasteiger partial charge on any atom is -0.457 e. The molecule has 9 nitrogen and oxygen atoms in total. The molecule has 3 N–H and O–H groups in total. The summed E-state index contributed by atoms with van der Waals surface area (Å²) in [5, 5.41) is 11.9. The number of nitrogens with one attached hydrogen (secondary N) is 1. The number of ether oxygens (including phenoxy) is 1. The second-order valence-corrected chi connectivity index (χ2v) is 8.78. The summed E-state index contributed by atoms with van der Waals surface area (Å²) >= 11 is 0. The molecule has 0 saturated heterocycles. The smallest absolute Gasteiger partial charge is 0.290 e. The average molecular weight is 483 g/mol. The summed E-state index contributed by atoms with van der Waals surface area (Å²) in [6.45, 7) is 3.44. The Morgan fingerprint density at radius 3 is 2.47 bits per heavy atom. The van der Waals surface area contributed by atoms with Crippen LogP contribution < -0.4 is 16.0 Å². The van der Waals surface area contributed by atoms with Gasteiger partial charge in [-0.25, -0.2) is 10.1 Å². The molecule has 0 spiro atoms. The van der Waals surface area contributed by atoms with Crippen molar-refractivity contribution < 1.29 is 9.53 Å². The van der Waals surface area contributed by atoms with Gasteiger partial charge in [0.25, 0.3) is 11.5 Å². The summed E-state index contributed by atoms with van der Waals surface area (Å²) in [4.78, 5) is 28.2.